The van der Waals surface area contributed by atoms with Gasteiger partial charge >= 0.3 is 0 Å². The molecule has 2 fully saturated rings. The molecule has 1 aromatic rings. The Labute approximate surface area is 119 Å². The highest BCUT2D eigenvalue weighted by atomic mass is 127. The van der Waals surface area contributed by atoms with Crippen LogP contribution in [0.4, 0.5) is 0 Å². The molecule has 4 atom stereocenters. The van der Waals surface area contributed by atoms with Crippen molar-refractivity contribution in [1.82, 2.24) is 0 Å². The van der Waals surface area contributed by atoms with E-state index in [9.17, 15) is 9.59 Å². The number of carbonyl (C=O) groups is 2. The molecule has 0 spiro atoms. The normalized spacial score (nSPS) is 36.7. The molecule has 3 aliphatic rings. The topological polar surface area (TPSA) is 34.1 Å². The third kappa shape index (κ3) is 1.23. The van der Waals surface area contributed by atoms with Crippen molar-refractivity contribution in [2.75, 3.05) is 0 Å². The maximum absolute atomic E-state index is 12.7. The maximum atomic E-state index is 12.7. The van der Waals surface area contributed by atoms with E-state index in [4.69, 9.17) is 0 Å². The minimum atomic E-state index is -0.000309. The smallest absolute Gasteiger partial charge is 0.168 e. The highest BCUT2D eigenvalue weighted by Crippen LogP contribution is 2.56. The van der Waals surface area contributed by atoms with Crippen molar-refractivity contribution in [3.63, 3.8) is 0 Å². The molecule has 2 saturated carbocycles. The van der Waals surface area contributed by atoms with Crippen LogP contribution in [-0.4, -0.2) is 11.6 Å². The van der Waals surface area contributed by atoms with Crippen LogP contribution >= 0.6 is 22.6 Å². The molecule has 0 aromatic heterocycles. The Morgan fingerprint density at radius 2 is 1.67 bits per heavy atom. The number of halogens is 1. The molecule has 0 N–H and O–H groups in total. The number of hydrogen-bond donors (Lipinski definition) is 0. The van der Waals surface area contributed by atoms with E-state index in [2.05, 4.69) is 22.6 Å². The molecule has 0 aliphatic heterocycles. The molecule has 0 amide bonds. The molecule has 2 bridgehead atoms. The second-order valence-corrected chi connectivity index (χ2v) is 6.94. The van der Waals surface area contributed by atoms with Crippen LogP contribution in [0.1, 0.15) is 40.0 Å². The second-order valence-electron chi connectivity index (χ2n) is 5.78. The van der Waals surface area contributed by atoms with Gasteiger partial charge in [-0.1, -0.05) is 12.1 Å². The first-order valence-electron chi connectivity index (χ1n) is 6.55. The summed E-state index contributed by atoms with van der Waals surface area (Å²) in [7, 11) is 0. The predicted molar refractivity (Wildman–Crippen MR) is 75.6 cm³/mol. The van der Waals surface area contributed by atoms with Crippen LogP contribution in [-0.2, 0) is 0 Å². The number of rotatable bonds is 0. The first kappa shape index (κ1) is 11.1. The Kier molecular flexibility index (Phi) is 2.26. The van der Waals surface area contributed by atoms with Crippen LogP contribution in [0.2, 0.25) is 0 Å². The molecule has 4 unspecified atom stereocenters. The standard InChI is InChI=1S/C15H13IO2/c16-10-3-1-2-9-13(10)15(18)12-8-5-4-7(6-8)11(12)14(9)17/h1-3,7-8,11-12H,4-6H2. The van der Waals surface area contributed by atoms with E-state index >= 15 is 0 Å². The Balaban J connectivity index is 1.94. The van der Waals surface area contributed by atoms with Crippen LogP contribution in [0, 0.1) is 27.2 Å². The van der Waals surface area contributed by atoms with Crippen LogP contribution in [0.3, 0.4) is 0 Å². The van der Waals surface area contributed by atoms with Crippen LogP contribution in [0.25, 0.3) is 0 Å². The van der Waals surface area contributed by atoms with E-state index in [1.54, 1.807) is 0 Å². The van der Waals surface area contributed by atoms with Crippen molar-refractivity contribution in [2.24, 2.45) is 23.7 Å². The van der Waals surface area contributed by atoms with Crippen LogP contribution in [0.15, 0.2) is 18.2 Å². The maximum Gasteiger partial charge on any atom is 0.168 e. The van der Waals surface area contributed by atoms with Gasteiger partial charge in [0, 0.05) is 26.5 Å². The van der Waals surface area contributed by atoms with Gasteiger partial charge in [-0.05, 0) is 59.8 Å². The molecule has 2 nitrogen and oxygen atoms in total. The highest BCUT2D eigenvalue weighted by Gasteiger charge is 2.56. The SMILES string of the molecule is O=C1c2cccc(I)c2C(=O)C2C3CCC(C3)C12. The fraction of sp³-hybridized carbons (Fsp3) is 0.467. The summed E-state index contributed by atoms with van der Waals surface area (Å²) in [5.41, 5.74) is 1.39. The lowest BCUT2D eigenvalue weighted by molar-refractivity contribution is 0.0660. The Hall–Kier alpha value is -0.710. The summed E-state index contributed by atoms with van der Waals surface area (Å²) in [5.74, 6) is 1.43. The van der Waals surface area contributed by atoms with Gasteiger partial charge in [0.15, 0.2) is 11.6 Å². The zero-order chi connectivity index (χ0) is 12.4. The molecule has 0 heterocycles. The minimum absolute atomic E-state index is 0.000309. The summed E-state index contributed by atoms with van der Waals surface area (Å²) in [6.45, 7) is 0. The summed E-state index contributed by atoms with van der Waals surface area (Å²) in [6, 6.07) is 5.65. The molecular weight excluding hydrogens is 339 g/mol. The van der Waals surface area contributed by atoms with Gasteiger partial charge in [0.05, 0.1) is 0 Å². The fourth-order valence-electron chi connectivity index (χ4n) is 4.37. The van der Waals surface area contributed by atoms with Crippen molar-refractivity contribution < 1.29 is 9.59 Å². The van der Waals surface area contributed by atoms with E-state index in [1.807, 2.05) is 18.2 Å². The lowest BCUT2D eigenvalue weighted by Gasteiger charge is -2.34. The van der Waals surface area contributed by atoms with Crippen molar-refractivity contribution >= 4 is 34.2 Å². The molecule has 92 valence electrons. The number of Topliss-reactive ketones (excluding diaryl/α,β-unsaturated/α-hetero) is 2. The van der Waals surface area contributed by atoms with Gasteiger partial charge in [-0.25, -0.2) is 0 Å². The van der Waals surface area contributed by atoms with Gasteiger partial charge in [-0.3, -0.25) is 9.59 Å². The zero-order valence-corrected chi connectivity index (χ0v) is 12.0. The second kappa shape index (κ2) is 3.65. The van der Waals surface area contributed by atoms with Crippen LogP contribution in [0.5, 0.6) is 0 Å². The van der Waals surface area contributed by atoms with Crippen molar-refractivity contribution in [2.45, 2.75) is 19.3 Å². The summed E-state index contributed by atoms with van der Waals surface area (Å²) in [6.07, 6.45) is 3.38. The van der Waals surface area contributed by atoms with E-state index in [0.717, 1.165) is 22.8 Å². The lowest BCUT2D eigenvalue weighted by atomic mass is 9.67. The van der Waals surface area contributed by atoms with E-state index in [-0.39, 0.29) is 23.4 Å². The minimum Gasteiger partial charge on any atom is -0.294 e. The first-order valence-corrected chi connectivity index (χ1v) is 7.63. The van der Waals surface area contributed by atoms with E-state index < -0.39 is 0 Å². The summed E-state index contributed by atoms with van der Waals surface area (Å²) >= 11 is 2.18. The van der Waals surface area contributed by atoms with E-state index in [0.29, 0.717) is 23.0 Å². The lowest BCUT2D eigenvalue weighted by Crippen LogP contribution is -2.40. The average molecular weight is 352 g/mol. The molecule has 3 heteroatoms. The fourth-order valence-corrected chi connectivity index (χ4v) is 5.14. The Morgan fingerprint density at radius 3 is 2.39 bits per heavy atom. The molecular formula is C15H13IO2. The van der Waals surface area contributed by atoms with Gasteiger partial charge in [0.2, 0.25) is 0 Å². The summed E-state index contributed by atoms with van der Waals surface area (Å²) < 4.78 is 0.935. The molecule has 1 aromatic carbocycles. The summed E-state index contributed by atoms with van der Waals surface area (Å²) in [4.78, 5) is 25.3. The number of carbonyl (C=O) groups excluding carboxylic acids is 2. The monoisotopic (exact) mass is 352 g/mol. The van der Waals surface area contributed by atoms with Crippen molar-refractivity contribution in [1.29, 1.82) is 0 Å². The highest BCUT2D eigenvalue weighted by molar-refractivity contribution is 14.1. The number of ketones is 2. The van der Waals surface area contributed by atoms with Crippen LogP contribution < -0.4 is 0 Å². The molecule has 18 heavy (non-hydrogen) atoms. The Bertz CT molecular complexity index is 578. The van der Waals surface area contributed by atoms with Crippen molar-refractivity contribution in [3.05, 3.63) is 32.9 Å². The van der Waals surface area contributed by atoms with E-state index in [1.165, 1.54) is 0 Å². The third-order valence-electron chi connectivity index (χ3n) is 5.05. The Morgan fingerprint density at radius 1 is 1.00 bits per heavy atom. The third-order valence-corrected chi connectivity index (χ3v) is 5.95. The molecule has 3 aliphatic carbocycles. The number of benzene rings is 1. The molecule has 0 radical (unpaired) electrons. The molecule has 4 rings (SSSR count). The largest absolute Gasteiger partial charge is 0.294 e. The summed E-state index contributed by atoms with van der Waals surface area (Å²) in [5, 5.41) is 0. The quantitative estimate of drug-likeness (QED) is 0.672. The van der Waals surface area contributed by atoms with Gasteiger partial charge in [-0.2, -0.15) is 0 Å². The van der Waals surface area contributed by atoms with Gasteiger partial charge in [-0.15, -0.1) is 0 Å². The van der Waals surface area contributed by atoms with Gasteiger partial charge in [0.25, 0.3) is 0 Å². The molecule has 0 saturated heterocycles. The average Bonchev–Trinajstić information content (AvgIpc) is 2.96. The number of hydrogen-bond acceptors (Lipinski definition) is 2. The van der Waals surface area contributed by atoms with Gasteiger partial charge < -0.3 is 0 Å². The predicted octanol–water partition coefficient (Wildman–Crippen LogP) is 3.33. The number of fused-ring (bicyclic) bond motifs is 6. The van der Waals surface area contributed by atoms with Gasteiger partial charge in [0.1, 0.15) is 0 Å². The first-order chi connectivity index (χ1) is 8.68. The zero-order valence-electron chi connectivity index (χ0n) is 9.86. The van der Waals surface area contributed by atoms with Crippen molar-refractivity contribution in [3.8, 4) is 0 Å².